The molecule has 2 heterocycles. The molecule has 4 rings (SSSR count). The van der Waals surface area contributed by atoms with Crippen LogP contribution in [0.3, 0.4) is 0 Å². The second kappa shape index (κ2) is 9.64. The van der Waals surface area contributed by atoms with Gasteiger partial charge in [0.1, 0.15) is 11.6 Å². The summed E-state index contributed by atoms with van der Waals surface area (Å²) in [5.74, 6) is 4.09. The zero-order valence-corrected chi connectivity index (χ0v) is 18.5. The van der Waals surface area contributed by atoms with Gasteiger partial charge in [0.15, 0.2) is 11.8 Å². The summed E-state index contributed by atoms with van der Waals surface area (Å²) >= 11 is 0. The van der Waals surface area contributed by atoms with E-state index in [2.05, 4.69) is 56.8 Å². The molecule has 31 heavy (non-hydrogen) atoms. The van der Waals surface area contributed by atoms with E-state index < -0.39 is 0 Å². The molecule has 1 N–H and O–H groups in total. The molecule has 1 fully saturated rings. The Morgan fingerprint density at radius 1 is 1.13 bits per heavy atom. The summed E-state index contributed by atoms with van der Waals surface area (Å²) in [7, 11) is 3.69. The Bertz CT molecular complexity index is 1010. The fourth-order valence-corrected chi connectivity index (χ4v) is 3.88. The molecule has 0 bridgehead atoms. The van der Waals surface area contributed by atoms with Crippen molar-refractivity contribution < 1.29 is 4.74 Å². The van der Waals surface area contributed by atoms with Gasteiger partial charge in [0.2, 0.25) is 0 Å². The van der Waals surface area contributed by atoms with Crippen molar-refractivity contribution in [2.24, 2.45) is 12.0 Å². The van der Waals surface area contributed by atoms with E-state index in [1.165, 1.54) is 11.1 Å². The van der Waals surface area contributed by atoms with Gasteiger partial charge in [0.25, 0.3) is 0 Å². The predicted molar refractivity (Wildman–Crippen MR) is 122 cm³/mol. The highest BCUT2D eigenvalue weighted by atomic mass is 16.5. The number of hydrogen-bond donors (Lipinski definition) is 1. The zero-order valence-electron chi connectivity index (χ0n) is 18.5. The molecule has 7 nitrogen and oxygen atoms in total. The summed E-state index contributed by atoms with van der Waals surface area (Å²) < 4.78 is 7.30. The first-order valence-electron chi connectivity index (χ1n) is 10.7. The summed E-state index contributed by atoms with van der Waals surface area (Å²) in [6, 6.07) is 18.8. The zero-order chi connectivity index (χ0) is 21.6. The van der Waals surface area contributed by atoms with Gasteiger partial charge < -0.3 is 19.5 Å². The van der Waals surface area contributed by atoms with Crippen LogP contribution < -0.4 is 10.1 Å². The molecule has 3 aromatic rings. The monoisotopic (exact) mass is 418 g/mol. The van der Waals surface area contributed by atoms with Crippen LogP contribution in [0.4, 0.5) is 0 Å². The van der Waals surface area contributed by atoms with E-state index in [1.54, 1.807) is 7.11 Å². The maximum absolute atomic E-state index is 5.30. The minimum absolute atomic E-state index is 0.478. The molecule has 1 unspecified atom stereocenters. The van der Waals surface area contributed by atoms with E-state index in [1.807, 2.05) is 36.7 Å². The highest BCUT2D eigenvalue weighted by Gasteiger charge is 2.26. The van der Waals surface area contributed by atoms with E-state index >= 15 is 0 Å². The SMILES string of the molecule is COc1ccc(C2CCN(C(=NCc3ccccc3)NCc3nnc(C)n3C)C2)cc1. The van der Waals surface area contributed by atoms with Crippen LogP contribution in [0.15, 0.2) is 59.6 Å². The third-order valence-electron chi connectivity index (χ3n) is 5.92. The largest absolute Gasteiger partial charge is 0.497 e. The number of aryl methyl sites for hydroxylation is 1. The minimum Gasteiger partial charge on any atom is -0.497 e. The van der Waals surface area contributed by atoms with Gasteiger partial charge in [-0.3, -0.25) is 0 Å². The number of nitrogens with one attached hydrogen (secondary N) is 1. The average Bonchev–Trinajstić information content (AvgIpc) is 3.42. The summed E-state index contributed by atoms with van der Waals surface area (Å²) in [5, 5.41) is 12.0. The van der Waals surface area contributed by atoms with Crippen molar-refractivity contribution in [3.63, 3.8) is 0 Å². The quantitative estimate of drug-likeness (QED) is 0.492. The van der Waals surface area contributed by atoms with Crippen LogP contribution >= 0.6 is 0 Å². The maximum atomic E-state index is 5.30. The molecule has 1 aromatic heterocycles. The van der Waals surface area contributed by atoms with Gasteiger partial charge in [0.05, 0.1) is 20.2 Å². The number of rotatable bonds is 6. The molecule has 1 saturated heterocycles. The van der Waals surface area contributed by atoms with E-state index in [9.17, 15) is 0 Å². The number of aromatic nitrogens is 3. The first-order chi connectivity index (χ1) is 15.1. The van der Waals surface area contributed by atoms with Crippen molar-refractivity contribution in [3.05, 3.63) is 77.4 Å². The van der Waals surface area contributed by atoms with Crippen molar-refractivity contribution in [2.45, 2.75) is 32.4 Å². The van der Waals surface area contributed by atoms with E-state index in [4.69, 9.17) is 9.73 Å². The molecule has 162 valence electrons. The van der Waals surface area contributed by atoms with Crippen molar-refractivity contribution in [3.8, 4) is 5.75 Å². The van der Waals surface area contributed by atoms with Crippen LogP contribution in [0.25, 0.3) is 0 Å². The van der Waals surface area contributed by atoms with E-state index in [0.717, 1.165) is 42.9 Å². The lowest BCUT2D eigenvalue weighted by atomic mass is 9.98. The third-order valence-corrected chi connectivity index (χ3v) is 5.92. The number of ether oxygens (including phenoxy) is 1. The van der Waals surface area contributed by atoms with E-state index in [0.29, 0.717) is 19.0 Å². The predicted octanol–water partition coefficient (Wildman–Crippen LogP) is 3.27. The molecule has 0 spiro atoms. The molecule has 1 aliphatic rings. The lowest BCUT2D eigenvalue weighted by Gasteiger charge is -2.22. The molecule has 2 aromatic carbocycles. The number of methoxy groups -OCH3 is 1. The molecular weight excluding hydrogens is 388 g/mol. The molecule has 7 heteroatoms. The topological polar surface area (TPSA) is 67.6 Å². The Labute approximate surface area is 183 Å². The molecule has 0 aliphatic carbocycles. The second-order valence-electron chi connectivity index (χ2n) is 7.91. The molecule has 1 atom stereocenters. The van der Waals surface area contributed by atoms with Gasteiger partial charge in [-0.25, -0.2) is 4.99 Å². The van der Waals surface area contributed by atoms with Crippen LogP contribution in [-0.4, -0.2) is 45.8 Å². The van der Waals surface area contributed by atoms with Crippen LogP contribution in [0, 0.1) is 6.92 Å². The Hall–Kier alpha value is -3.35. The Balaban J connectivity index is 1.48. The highest BCUT2D eigenvalue weighted by Crippen LogP contribution is 2.28. The van der Waals surface area contributed by atoms with Gasteiger partial charge in [-0.1, -0.05) is 42.5 Å². The molecule has 0 radical (unpaired) electrons. The normalized spacial score (nSPS) is 16.5. The van der Waals surface area contributed by atoms with Crippen molar-refractivity contribution in [1.82, 2.24) is 25.0 Å². The first kappa shape index (κ1) is 20.9. The van der Waals surface area contributed by atoms with Crippen molar-refractivity contribution >= 4 is 5.96 Å². The van der Waals surface area contributed by atoms with Crippen LogP contribution in [0.2, 0.25) is 0 Å². The standard InChI is InChI=1S/C24H30N6O/c1-18-27-28-23(29(18)2)16-26-24(25-15-19-7-5-4-6-8-19)30-14-13-21(17-30)20-9-11-22(31-3)12-10-20/h4-12,21H,13-17H2,1-3H3,(H,25,26). The number of aliphatic imine (C=N–C) groups is 1. The smallest absolute Gasteiger partial charge is 0.194 e. The number of nitrogens with zero attached hydrogens (tertiary/aromatic N) is 5. The van der Waals surface area contributed by atoms with Crippen molar-refractivity contribution in [2.75, 3.05) is 20.2 Å². The van der Waals surface area contributed by atoms with Crippen molar-refractivity contribution in [1.29, 1.82) is 0 Å². The van der Waals surface area contributed by atoms with E-state index in [-0.39, 0.29) is 0 Å². The number of hydrogen-bond acceptors (Lipinski definition) is 4. The number of likely N-dealkylation sites (tertiary alicyclic amines) is 1. The van der Waals surface area contributed by atoms with Gasteiger partial charge in [0, 0.05) is 26.1 Å². The third kappa shape index (κ3) is 5.05. The van der Waals surface area contributed by atoms with Crippen LogP contribution in [0.1, 0.15) is 35.1 Å². The van der Waals surface area contributed by atoms with Crippen LogP contribution in [-0.2, 0) is 20.1 Å². The van der Waals surface area contributed by atoms with Gasteiger partial charge in [-0.05, 0) is 36.6 Å². The molecular formula is C24H30N6O. The summed E-state index contributed by atoms with van der Waals surface area (Å²) in [5.41, 5.74) is 2.54. The number of benzene rings is 2. The average molecular weight is 419 g/mol. The maximum Gasteiger partial charge on any atom is 0.194 e. The molecule has 1 aliphatic heterocycles. The van der Waals surface area contributed by atoms with Gasteiger partial charge in [-0.2, -0.15) is 0 Å². The fourth-order valence-electron chi connectivity index (χ4n) is 3.88. The van der Waals surface area contributed by atoms with Gasteiger partial charge in [-0.15, -0.1) is 10.2 Å². The molecule has 0 saturated carbocycles. The second-order valence-corrected chi connectivity index (χ2v) is 7.91. The van der Waals surface area contributed by atoms with Gasteiger partial charge >= 0.3 is 0 Å². The number of guanidine groups is 1. The fraction of sp³-hybridized carbons (Fsp3) is 0.375. The lowest BCUT2D eigenvalue weighted by molar-refractivity contribution is 0.414. The lowest BCUT2D eigenvalue weighted by Crippen LogP contribution is -2.40. The summed E-state index contributed by atoms with van der Waals surface area (Å²) in [6.07, 6.45) is 1.10. The Kier molecular flexibility index (Phi) is 6.50. The minimum atomic E-state index is 0.478. The highest BCUT2D eigenvalue weighted by molar-refractivity contribution is 5.80. The first-order valence-corrected chi connectivity index (χ1v) is 10.7. The summed E-state index contributed by atoms with van der Waals surface area (Å²) in [6.45, 7) is 5.10. The molecule has 0 amide bonds. The summed E-state index contributed by atoms with van der Waals surface area (Å²) in [4.78, 5) is 7.29. The Morgan fingerprint density at radius 2 is 1.90 bits per heavy atom. The Morgan fingerprint density at radius 3 is 2.58 bits per heavy atom. The van der Waals surface area contributed by atoms with Crippen LogP contribution in [0.5, 0.6) is 5.75 Å².